The van der Waals surface area contributed by atoms with E-state index >= 15 is 0 Å². The normalized spacial score (nSPS) is 13.3. The summed E-state index contributed by atoms with van der Waals surface area (Å²) in [6.07, 6.45) is 0. The molecule has 1 atom stereocenters. The Morgan fingerprint density at radius 1 is 1.16 bits per heavy atom. The molecule has 0 spiro atoms. The second kappa shape index (κ2) is 7.22. The van der Waals surface area contributed by atoms with Gasteiger partial charge in [-0.1, -0.05) is 45.7 Å². The fourth-order valence-electron chi connectivity index (χ4n) is 1.97. The number of benzene rings is 2. The molecule has 0 amide bonds. The van der Waals surface area contributed by atoms with E-state index in [1.807, 2.05) is 0 Å². The van der Waals surface area contributed by atoms with Crippen LogP contribution in [0.4, 0.5) is 8.78 Å². The van der Waals surface area contributed by atoms with Crippen molar-refractivity contribution in [1.82, 2.24) is 0 Å². The summed E-state index contributed by atoms with van der Waals surface area (Å²) in [4.78, 5) is 8.79. The second-order valence-corrected chi connectivity index (χ2v) is 7.72. The van der Waals surface area contributed by atoms with Crippen LogP contribution in [0.5, 0.6) is 5.75 Å². The smallest absolute Gasteiger partial charge is 0.382 e. The Labute approximate surface area is 154 Å². The van der Waals surface area contributed by atoms with E-state index < -0.39 is 31.9 Å². The lowest BCUT2D eigenvalue weighted by Crippen LogP contribution is -2.41. The fourth-order valence-corrected chi connectivity index (χ4v) is 3.97. The van der Waals surface area contributed by atoms with Crippen LogP contribution >= 0.6 is 27.5 Å². The molecular weight excluding hydrogens is 448 g/mol. The van der Waals surface area contributed by atoms with Crippen LogP contribution in [0.1, 0.15) is 10.8 Å². The van der Waals surface area contributed by atoms with Crippen molar-refractivity contribution in [3.05, 3.63) is 73.7 Å². The van der Waals surface area contributed by atoms with Crippen molar-refractivity contribution in [3.63, 3.8) is 0 Å². The van der Waals surface area contributed by atoms with Gasteiger partial charge in [0.25, 0.3) is 5.25 Å². The topological polar surface area (TPSA) is 86.5 Å². The zero-order valence-electron chi connectivity index (χ0n) is 12.1. The van der Waals surface area contributed by atoms with Gasteiger partial charge >= 0.3 is 16.2 Å². The van der Waals surface area contributed by atoms with Gasteiger partial charge in [0.1, 0.15) is 5.75 Å². The lowest BCUT2D eigenvalue weighted by Gasteiger charge is -2.21. The average molecular weight is 457 g/mol. The van der Waals surface area contributed by atoms with Crippen molar-refractivity contribution >= 4 is 37.6 Å². The van der Waals surface area contributed by atoms with Crippen molar-refractivity contribution in [2.75, 3.05) is 0 Å². The summed E-state index contributed by atoms with van der Waals surface area (Å²) in [5, 5.41) is 7.49. The van der Waals surface area contributed by atoms with Crippen molar-refractivity contribution in [3.8, 4) is 5.75 Å². The van der Waals surface area contributed by atoms with Gasteiger partial charge in [-0.05, 0) is 30.3 Å². The van der Waals surface area contributed by atoms with Gasteiger partial charge in [0.05, 0.1) is 4.92 Å². The number of hydrogen-bond acceptors (Lipinski definition) is 5. The Kier molecular flexibility index (Phi) is 5.65. The molecule has 0 aromatic heterocycles. The minimum absolute atomic E-state index is 0.278. The Morgan fingerprint density at radius 3 is 2.24 bits per heavy atom. The van der Waals surface area contributed by atoms with Crippen molar-refractivity contribution in [1.29, 1.82) is 0 Å². The predicted molar refractivity (Wildman–Crippen MR) is 89.8 cm³/mol. The van der Waals surface area contributed by atoms with Gasteiger partial charge < -0.3 is 4.18 Å². The molecule has 25 heavy (non-hydrogen) atoms. The lowest BCUT2D eigenvalue weighted by atomic mass is 10.1. The van der Waals surface area contributed by atoms with E-state index in [1.165, 1.54) is 36.4 Å². The predicted octanol–water partition coefficient (Wildman–Crippen LogP) is 4.42. The molecule has 11 heteroatoms. The van der Waals surface area contributed by atoms with E-state index in [9.17, 15) is 27.3 Å². The first-order valence-electron chi connectivity index (χ1n) is 6.51. The molecule has 2 aromatic rings. The third-order valence-corrected chi connectivity index (χ3v) is 5.47. The van der Waals surface area contributed by atoms with E-state index in [2.05, 4.69) is 20.1 Å². The molecule has 0 heterocycles. The minimum atomic E-state index is -5.16. The monoisotopic (exact) mass is 455 g/mol. The Morgan fingerprint density at radius 2 is 1.72 bits per heavy atom. The number of alkyl halides is 2. The first kappa shape index (κ1) is 19.5. The molecule has 0 bridgehead atoms. The molecule has 0 N–H and O–H groups in total. The summed E-state index contributed by atoms with van der Waals surface area (Å²) in [6, 6.07) is 5.10. The number of halogens is 4. The van der Waals surface area contributed by atoms with Crippen LogP contribution < -0.4 is 4.18 Å². The SMILES string of the molecule is O=[N+]([O-])C(F)(F)C(c1ccccc1Cl)S(=O)(=O)Oc1ccc(Br)cc1. The average Bonchev–Trinajstić information content (AvgIpc) is 2.51. The molecule has 0 aliphatic heterocycles. The van der Waals surface area contributed by atoms with Crippen LogP contribution in [0.15, 0.2) is 53.0 Å². The quantitative estimate of drug-likeness (QED) is 0.278. The molecule has 0 aliphatic rings. The maximum atomic E-state index is 14.1. The Bertz CT molecular complexity index is 892. The van der Waals surface area contributed by atoms with Crippen LogP contribution in [-0.2, 0) is 10.1 Å². The molecule has 134 valence electrons. The maximum absolute atomic E-state index is 14.1. The van der Waals surface area contributed by atoms with Gasteiger partial charge in [0, 0.05) is 15.1 Å². The van der Waals surface area contributed by atoms with Crippen molar-refractivity contribution in [2.24, 2.45) is 0 Å². The lowest BCUT2D eigenvalue weighted by molar-refractivity contribution is -0.644. The van der Waals surface area contributed by atoms with E-state index in [0.29, 0.717) is 4.47 Å². The summed E-state index contributed by atoms with van der Waals surface area (Å²) in [5.41, 5.74) is -0.636. The number of hydrogen-bond donors (Lipinski definition) is 0. The Balaban J connectivity index is 2.56. The maximum Gasteiger partial charge on any atom is 0.535 e. The van der Waals surface area contributed by atoms with Gasteiger partial charge in [0.15, 0.2) is 0 Å². The molecule has 1 unspecified atom stereocenters. The summed E-state index contributed by atoms with van der Waals surface area (Å²) < 4.78 is 58.3. The van der Waals surface area contributed by atoms with Crippen LogP contribution in [-0.4, -0.2) is 19.4 Å². The van der Waals surface area contributed by atoms with Crippen molar-refractivity contribution < 1.29 is 26.3 Å². The molecule has 6 nitrogen and oxygen atoms in total. The highest BCUT2D eigenvalue weighted by Crippen LogP contribution is 2.42. The number of nitro groups is 1. The Hall–Kier alpha value is -1.78. The summed E-state index contributed by atoms with van der Waals surface area (Å²) in [5.74, 6) is -0.278. The van der Waals surface area contributed by atoms with E-state index in [0.717, 1.165) is 12.1 Å². The zero-order valence-corrected chi connectivity index (χ0v) is 15.3. The van der Waals surface area contributed by atoms with Gasteiger partial charge in [0.2, 0.25) is 0 Å². The van der Waals surface area contributed by atoms with E-state index in [1.54, 1.807) is 0 Å². The molecule has 0 saturated heterocycles. The van der Waals surface area contributed by atoms with Gasteiger partial charge in [-0.15, -0.1) is 8.78 Å². The highest BCUT2D eigenvalue weighted by Gasteiger charge is 2.62. The largest absolute Gasteiger partial charge is 0.535 e. The standard InChI is InChI=1S/C14H9BrClF2NO5S/c15-9-5-7-10(8-6-9)24-25(22,23)13(14(17,18)19(20)21)11-3-1-2-4-12(11)16/h1-8,13H. The van der Waals surface area contributed by atoms with Crippen LogP contribution in [0.25, 0.3) is 0 Å². The van der Waals surface area contributed by atoms with Gasteiger partial charge in [-0.25, -0.2) is 0 Å². The van der Waals surface area contributed by atoms with Gasteiger partial charge in [-0.2, -0.15) is 8.42 Å². The van der Waals surface area contributed by atoms with E-state index in [4.69, 9.17) is 11.6 Å². The highest BCUT2D eigenvalue weighted by atomic mass is 79.9. The van der Waals surface area contributed by atoms with E-state index in [-0.39, 0.29) is 10.8 Å². The molecular formula is C14H9BrClF2NO5S. The van der Waals surface area contributed by atoms with Crippen LogP contribution in [0.2, 0.25) is 5.02 Å². The number of rotatable bonds is 6. The van der Waals surface area contributed by atoms with Gasteiger partial charge in [-0.3, -0.25) is 10.1 Å². The molecule has 2 aromatic carbocycles. The summed E-state index contributed by atoms with van der Waals surface area (Å²) in [6.45, 7) is 0. The second-order valence-electron chi connectivity index (χ2n) is 4.78. The molecule has 2 rings (SSSR count). The van der Waals surface area contributed by atoms with Crippen LogP contribution in [0.3, 0.4) is 0 Å². The first-order valence-corrected chi connectivity index (χ1v) is 9.15. The third kappa shape index (κ3) is 4.25. The zero-order chi connectivity index (χ0) is 18.8. The highest BCUT2D eigenvalue weighted by molar-refractivity contribution is 9.10. The third-order valence-electron chi connectivity index (χ3n) is 3.06. The first-order chi connectivity index (χ1) is 11.6. The molecule has 0 saturated carbocycles. The molecule has 0 fully saturated rings. The van der Waals surface area contributed by atoms with Crippen molar-refractivity contribution in [2.45, 2.75) is 11.3 Å². The number of nitrogens with zero attached hydrogens (tertiary/aromatic N) is 1. The summed E-state index contributed by atoms with van der Waals surface area (Å²) >= 11 is 8.90. The minimum Gasteiger partial charge on any atom is -0.382 e. The molecule has 0 radical (unpaired) electrons. The fraction of sp³-hybridized carbons (Fsp3) is 0.143. The summed E-state index contributed by atoms with van der Waals surface area (Å²) in [7, 11) is -5.16. The van der Waals surface area contributed by atoms with Crippen LogP contribution in [0, 0.1) is 10.1 Å². The molecule has 0 aliphatic carbocycles.